The van der Waals surface area contributed by atoms with E-state index >= 15 is 4.39 Å². The monoisotopic (exact) mass is 534 g/mol. The molecule has 1 aliphatic heterocycles. The van der Waals surface area contributed by atoms with Crippen molar-refractivity contribution in [2.24, 2.45) is 0 Å². The predicted molar refractivity (Wildman–Crippen MR) is 129 cm³/mol. The molecule has 0 saturated carbocycles. The SMILES string of the molecule is COC(=O)c1cc2c(ncn2CC#CCN2CCOCC2)c(F)c1Nc1ccc(Br)cc1Cl. The first-order chi connectivity index (χ1) is 16.0. The Balaban J connectivity index is 1.64. The normalized spacial score (nSPS) is 14.1. The van der Waals surface area contributed by atoms with Gasteiger partial charge in [-0.25, -0.2) is 14.2 Å². The maximum absolute atomic E-state index is 15.5. The molecule has 172 valence electrons. The summed E-state index contributed by atoms with van der Waals surface area (Å²) in [5.41, 5.74) is 0.984. The van der Waals surface area contributed by atoms with Crippen molar-refractivity contribution in [1.82, 2.24) is 14.5 Å². The number of anilines is 2. The van der Waals surface area contributed by atoms with Gasteiger partial charge in [-0.1, -0.05) is 39.4 Å². The second-order valence-electron chi connectivity index (χ2n) is 7.34. The molecule has 2 heterocycles. The van der Waals surface area contributed by atoms with Crippen LogP contribution in [0.5, 0.6) is 0 Å². The molecule has 0 amide bonds. The summed E-state index contributed by atoms with van der Waals surface area (Å²) >= 11 is 9.61. The van der Waals surface area contributed by atoms with Gasteiger partial charge in [-0.3, -0.25) is 4.90 Å². The largest absolute Gasteiger partial charge is 0.465 e. The van der Waals surface area contributed by atoms with Gasteiger partial charge in [0.15, 0.2) is 5.82 Å². The van der Waals surface area contributed by atoms with Crippen LogP contribution in [0.2, 0.25) is 5.02 Å². The molecule has 3 aromatic rings. The molecule has 10 heteroatoms. The third kappa shape index (κ3) is 5.31. The number of esters is 1. The van der Waals surface area contributed by atoms with Crippen LogP contribution in [0.4, 0.5) is 15.8 Å². The number of imidazole rings is 1. The summed E-state index contributed by atoms with van der Waals surface area (Å²) in [5.74, 6) is 4.87. The minimum Gasteiger partial charge on any atom is -0.465 e. The van der Waals surface area contributed by atoms with Crippen molar-refractivity contribution in [1.29, 1.82) is 0 Å². The first kappa shape index (κ1) is 23.5. The van der Waals surface area contributed by atoms with Crippen molar-refractivity contribution in [2.75, 3.05) is 45.3 Å². The molecule has 0 radical (unpaired) electrons. The first-order valence-corrected chi connectivity index (χ1v) is 11.4. The summed E-state index contributed by atoms with van der Waals surface area (Å²) in [6, 6.07) is 6.66. The van der Waals surface area contributed by atoms with Gasteiger partial charge in [0.2, 0.25) is 0 Å². The summed E-state index contributed by atoms with van der Waals surface area (Å²) in [6.07, 6.45) is 1.51. The van der Waals surface area contributed by atoms with E-state index in [1.807, 2.05) is 0 Å². The van der Waals surface area contributed by atoms with E-state index < -0.39 is 11.8 Å². The highest BCUT2D eigenvalue weighted by atomic mass is 79.9. The van der Waals surface area contributed by atoms with E-state index in [2.05, 4.69) is 43.0 Å². The van der Waals surface area contributed by atoms with Gasteiger partial charge in [-0.15, -0.1) is 0 Å². The molecule has 0 unspecified atom stereocenters. The molecule has 1 N–H and O–H groups in total. The lowest BCUT2D eigenvalue weighted by molar-refractivity contribution is 0.0443. The Kier molecular flexibility index (Phi) is 7.50. The van der Waals surface area contributed by atoms with Gasteiger partial charge in [0.25, 0.3) is 0 Å². The Morgan fingerprint density at radius 2 is 2.06 bits per heavy atom. The number of morpholine rings is 1. The average molecular weight is 536 g/mol. The molecule has 1 aliphatic rings. The Labute approximate surface area is 203 Å². The number of methoxy groups -OCH3 is 1. The Hall–Kier alpha value is -2.64. The van der Waals surface area contributed by atoms with E-state index in [4.69, 9.17) is 21.1 Å². The van der Waals surface area contributed by atoms with Crippen molar-refractivity contribution in [3.63, 3.8) is 0 Å². The topological polar surface area (TPSA) is 68.6 Å². The number of aromatic nitrogens is 2. The quantitative estimate of drug-likeness (QED) is 0.384. The number of hydrogen-bond acceptors (Lipinski definition) is 6. The number of nitrogens with zero attached hydrogens (tertiary/aromatic N) is 3. The Bertz CT molecular complexity index is 1250. The van der Waals surface area contributed by atoms with E-state index in [0.29, 0.717) is 42.5 Å². The standard InChI is InChI=1S/C23H21BrClFN4O3/c1-32-23(31)16-13-19-22(20(26)21(16)28-18-5-4-15(24)12-17(18)25)27-14-30(19)7-3-2-6-29-8-10-33-11-9-29/h4-5,12-14,28H,6-11H2,1H3. The van der Waals surface area contributed by atoms with Gasteiger partial charge in [-0.2, -0.15) is 0 Å². The fourth-order valence-corrected chi connectivity index (χ4v) is 4.19. The smallest absolute Gasteiger partial charge is 0.340 e. The lowest BCUT2D eigenvalue weighted by Crippen LogP contribution is -2.36. The molecule has 2 aromatic carbocycles. The molecular weight excluding hydrogens is 515 g/mol. The lowest BCUT2D eigenvalue weighted by Gasteiger charge is -2.24. The fraction of sp³-hybridized carbons (Fsp3) is 0.304. The number of rotatable bonds is 5. The van der Waals surface area contributed by atoms with Crippen LogP contribution in [0.1, 0.15) is 10.4 Å². The van der Waals surface area contributed by atoms with Gasteiger partial charge in [0.1, 0.15) is 5.52 Å². The van der Waals surface area contributed by atoms with Crippen LogP contribution in [0.25, 0.3) is 11.0 Å². The number of carbonyl (C=O) groups is 1. The van der Waals surface area contributed by atoms with E-state index in [9.17, 15) is 4.79 Å². The highest BCUT2D eigenvalue weighted by Crippen LogP contribution is 2.34. The van der Waals surface area contributed by atoms with E-state index in [1.165, 1.54) is 13.4 Å². The second kappa shape index (κ2) is 10.5. The zero-order valence-electron chi connectivity index (χ0n) is 17.8. The zero-order chi connectivity index (χ0) is 23.4. The maximum Gasteiger partial charge on any atom is 0.340 e. The van der Waals surface area contributed by atoms with E-state index in [1.54, 1.807) is 28.8 Å². The van der Waals surface area contributed by atoms with Gasteiger partial charge in [0, 0.05) is 17.6 Å². The summed E-state index contributed by atoms with van der Waals surface area (Å²) in [6.45, 7) is 4.09. The molecular formula is C23H21BrClFN4O3. The summed E-state index contributed by atoms with van der Waals surface area (Å²) < 4.78 is 28.2. The summed E-state index contributed by atoms with van der Waals surface area (Å²) in [5, 5.41) is 3.28. The number of fused-ring (bicyclic) bond motifs is 1. The zero-order valence-corrected chi connectivity index (χ0v) is 20.2. The van der Waals surface area contributed by atoms with Crippen molar-refractivity contribution in [3.8, 4) is 11.8 Å². The molecule has 7 nitrogen and oxygen atoms in total. The Morgan fingerprint density at radius 3 is 2.79 bits per heavy atom. The van der Waals surface area contributed by atoms with Gasteiger partial charge < -0.3 is 19.4 Å². The van der Waals surface area contributed by atoms with Crippen molar-refractivity contribution >= 4 is 55.9 Å². The van der Waals surface area contributed by atoms with Crippen LogP contribution < -0.4 is 5.32 Å². The molecule has 4 rings (SSSR count). The fourth-order valence-electron chi connectivity index (χ4n) is 3.47. The van der Waals surface area contributed by atoms with Crippen LogP contribution in [0.15, 0.2) is 35.1 Å². The van der Waals surface area contributed by atoms with Crippen molar-refractivity contribution in [3.05, 3.63) is 51.5 Å². The maximum atomic E-state index is 15.5. The van der Waals surface area contributed by atoms with Crippen molar-refractivity contribution < 1.29 is 18.7 Å². The number of halogens is 3. The molecule has 0 spiro atoms. The molecule has 1 aromatic heterocycles. The third-order valence-corrected chi connectivity index (χ3v) is 6.04. The highest BCUT2D eigenvalue weighted by Gasteiger charge is 2.23. The number of benzene rings is 2. The molecule has 0 bridgehead atoms. The molecule has 0 atom stereocenters. The predicted octanol–water partition coefficient (Wildman–Crippen LogP) is 4.46. The van der Waals surface area contributed by atoms with Crippen LogP contribution in [-0.2, 0) is 16.0 Å². The van der Waals surface area contributed by atoms with Crippen LogP contribution in [0.3, 0.4) is 0 Å². The average Bonchev–Trinajstić information content (AvgIpc) is 3.23. The third-order valence-electron chi connectivity index (χ3n) is 5.23. The Morgan fingerprint density at radius 1 is 1.30 bits per heavy atom. The minimum atomic E-state index is -0.683. The van der Waals surface area contributed by atoms with E-state index in [0.717, 1.165) is 17.6 Å². The second-order valence-corrected chi connectivity index (χ2v) is 8.66. The van der Waals surface area contributed by atoms with Gasteiger partial charge >= 0.3 is 5.97 Å². The molecule has 1 fully saturated rings. The van der Waals surface area contributed by atoms with Gasteiger partial charge in [0.05, 0.1) is 67.2 Å². The number of hydrogen-bond donors (Lipinski definition) is 1. The lowest BCUT2D eigenvalue weighted by atomic mass is 10.1. The van der Waals surface area contributed by atoms with Crippen LogP contribution in [0, 0.1) is 17.7 Å². The van der Waals surface area contributed by atoms with Crippen LogP contribution >= 0.6 is 27.5 Å². The van der Waals surface area contributed by atoms with Crippen LogP contribution in [-0.4, -0.2) is 60.4 Å². The number of nitrogens with one attached hydrogen (secondary N) is 1. The molecule has 33 heavy (non-hydrogen) atoms. The number of carbonyl (C=O) groups excluding carboxylic acids is 1. The minimum absolute atomic E-state index is 0.0320. The number of ether oxygens (including phenoxy) is 2. The first-order valence-electron chi connectivity index (χ1n) is 10.2. The molecule has 0 aliphatic carbocycles. The summed E-state index contributed by atoms with van der Waals surface area (Å²) in [7, 11) is 1.25. The highest BCUT2D eigenvalue weighted by molar-refractivity contribution is 9.10. The van der Waals surface area contributed by atoms with Gasteiger partial charge in [-0.05, 0) is 24.3 Å². The summed E-state index contributed by atoms with van der Waals surface area (Å²) in [4.78, 5) is 18.9. The molecule has 1 saturated heterocycles. The van der Waals surface area contributed by atoms with E-state index in [-0.39, 0.29) is 16.8 Å². The van der Waals surface area contributed by atoms with Crippen molar-refractivity contribution in [2.45, 2.75) is 6.54 Å².